The lowest BCUT2D eigenvalue weighted by molar-refractivity contribution is -0.398. The normalized spacial score (nSPS) is 15.2. The molecule has 1 heterocycles. The van der Waals surface area contributed by atoms with E-state index in [1.807, 2.05) is 0 Å². The molecule has 0 bridgehead atoms. The first-order valence-electron chi connectivity index (χ1n) is 8.33. The molecule has 0 fully saturated rings. The van der Waals surface area contributed by atoms with E-state index in [4.69, 9.17) is 14.2 Å². The van der Waals surface area contributed by atoms with Crippen molar-refractivity contribution in [3.8, 4) is 23.0 Å². The van der Waals surface area contributed by atoms with Crippen LogP contribution in [0.1, 0.15) is 12.5 Å². The molecule has 0 radical (unpaired) electrons. The minimum absolute atomic E-state index is 0.0171. The summed E-state index contributed by atoms with van der Waals surface area (Å²) in [4.78, 5) is 22.4. The lowest BCUT2D eigenvalue weighted by Gasteiger charge is -2.24. The Kier molecular flexibility index (Phi) is 5.58. The number of benzene rings is 2. The average Bonchev–Trinajstić information content (AvgIpc) is 2.69. The molecule has 0 spiro atoms. The molecule has 146 valence electrons. The summed E-state index contributed by atoms with van der Waals surface area (Å²) in [5.74, 6) is -0.542. The highest BCUT2D eigenvalue weighted by atomic mass is 16.6. The lowest BCUT2D eigenvalue weighted by atomic mass is 10.2. The van der Waals surface area contributed by atoms with Crippen LogP contribution in [-0.2, 0) is 4.79 Å². The summed E-state index contributed by atoms with van der Waals surface area (Å²) in [6.45, 7) is 1.84. The number of nitrogens with zero attached hydrogens (tertiary/aromatic N) is 2. The number of ether oxygens (including phenoxy) is 3. The third kappa shape index (κ3) is 4.11. The zero-order valence-electron chi connectivity index (χ0n) is 14.8. The van der Waals surface area contributed by atoms with Crippen molar-refractivity contribution in [1.82, 2.24) is 5.43 Å². The molecule has 1 N–H and O–H groups in total. The maximum Gasteiger partial charge on any atom is 0.284 e. The number of nitro groups is 1. The van der Waals surface area contributed by atoms with Gasteiger partial charge in [0, 0.05) is 17.4 Å². The number of rotatable bonds is 6. The van der Waals surface area contributed by atoms with Crippen molar-refractivity contribution in [3.05, 3.63) is 52.1 Å². The van der Waals surface area contributed by atoms with Crippen molar-refractivity contribution in [2.24, 2.45) is 5.10 Å². The molecule has 28 heavy (non-hydrogen) atoms. The molecule has 0 aromatic heterocycles. The third-order valence-corrected chi connectivity index (χ3v) is 3.74. The van der Waals surface area contributed by atoms with Crippen LogP contribution in [0.5, 0.6) is 23.0 Å². The monoisotopic (exact) mass is 386 g/mol. The third-order valence-electron chi connectivity index (χ3n) is 3.74. The zero-order chi connectivity index (χ0) is 20.1. The van der Waals surface area contributed by atoms with Gasteiger partial charge in [-0.1, -0.05) is 12.1 Å². The van der Waals surface area contributed by atoms with E-state index >= 15 is 0 Å². The van der Waals surface area contributed by atoms with Crippen molar-refractivity contribution in [2.75, 3.05) is 13.2 Å². The summed E-state index contributed by atoms with van der Waals surface area (Å²) in [6.07, 6.45) is 0.272. The minimum Gasteiger partial charge on any atom is -0.865 e. The molecule has 1 aliphatic heterocycles. The van der Waals surface area contributed by atoms with Crippen molar-refractivity contribution < 1.29 is 29.0 Å². The topological polar surface area (TPSA) is 135 Å². The molecule has 10 nitrogen and oxygen atoms in total. The van der Waals surface area contributed by atoms with Crippen LogP contribution in [0.2, 0.25) is 0 Å². The number of carbonyl (C=O) groups is 1. The van der Waals surface area contributed by atoms with Crippen LogP contribution in [0, 0.1) is 10.1 Å². The molecule has 1 amide bonds. The largest absolute Gasteiger partial charge is 0.865 e. The Labute approximate surface area is 159 Å². The molecule has 0 saturated carbocycles. The number of hydrogen-bond acceptors (Lipinski definition) is 8. The Balaban J connectivity index is 1.69. The number of nitro benzene ring substituents is 1. The predicted octanol–water partition coefficient (Wildman–Crippen LogP) is 1.36. The maximum atomic E-state index is 12.2. The highest BCUT2D eigenvalue weighted by Crippen LogP contribution is 2.34. The quantitative estimate of drug-likeness (QED) is 0.450. The van der Waals surface area contributed by atoms with Gasteiger partial charge < -0.3 is 19.3 Å². The van der Waals surface area contributed by atoms with Crippen molar-refractivity contribution in [3.63, 3.8) is 0 Å². The fourth-order valence-corrected chi connectivity index (χ4v) is 2.47. The van der Waals surface area contributed by atoms with Crippen molar-refractivity contribution in [1.29, 1.82) is 0 Å². The van der Waals surface area contributed by atoms with Gasteiger partial charge in [0.2, 0.25) is 6.10 Å². The maximum absolute atomic E-state index is 12.2. The van der Waals surface area contributed by atoms with E-state index in [-0.39, 0.29) is 24.5 Å². The number of hydrazone groups is 1. The van der Waals surface area contributed by atoms with Gasteiger partial charge in [0.1, 0.15) is 12.4 Å². The van der Waals surface area contributed by atoms with Gasteiger partial charge in [-0.2, -0.15) is 5.10 Å². The Morgan fingerprint density at radius 1 is 1.39 bits per heavy atom. The zero-order valence-corrected chi connectivity index (χ0v) is 14.8. The fourth-order valence-electron chi connectivity index (χ4n) is 2.47. The Morgan fingerprint density at radius 3 is 2.86 bits per heavy atom. The standard InChI is InChI=1S/C18H17N3O7/c1-2-26-15-8-11(7-12(17(15)22)21(24)25)9-19-20-18(23)16-10-27-13-5-3-4-6-14(13)28-16/h3-9,16,22H,2,10H2,1H3,(H,20,23)/p-1/b19-9+/t16-/m1/s1. The summed E-state index contributed by atoms with van der Waals surface area (Å²) in [6, 6.07) is 9.31. The number of carbonyl (C=O) groups excluding carboxylic acids is 1. The van der Waals surface area contributed by atoms with Crippen molar-refractivity contribution >= 4 is 17.8 Å². The molecule has 2 aromatic rings. The fraction of sp³-hybridized carbons (Fsp3) is 0.222. The van der Waals surface area contributed by atoms with Gasteiger partial charge in [0.15, 0.2) is 11.5 Å². The Bertz CT molecular complexity index is 929. The molecule has 0 unspecified atom stereocenters. The summed E-state index contributed by atoms with van der Waals surface area (Å²) in [5, 5.41) is 26.7. The van der Waals surface area contributed by atoms with Crippen LogP contribution in [0.25, 0.3) is 0 Å². The van der Waals surface area contributed by atoms with Gasteiger partial charge in [0.05, 0.1) is 17.7 Å². The highest BCUT2D eigenvalue weighted by Gasteiger charge is 2.27. The van der Waals surface area contributed by atoms with Gasteiger partial charge in [-0.3, -0.25) is 14.9 Å². The molecule has 0 saturated heterocycles. The van der Waals surface area contributed by atoms with E-state index in [9.17, 15) is 20.0 Å². The van der Waals surface area contributed by atoms with E-state index in [1.165, 1.54) is 12.3 Å². The molecule has 1 atom stereocenters. The Morgan fingerprint density at radius 2 is 2.14 bits per heavy atom. The van der Waals surface area contributed by atoms with Crippen LogP contribution in [-0.4, -0.2) is 36.4 Å². The van der Waals surface area contributed by atoms with Crippen LogP contribution in [0.15, 0.2) is 41.5 Å². The minimum atomic E-state index is -0.899. The second-order valence-corrected chi connectivity index (χ2v) is 5.66. The van der Waals surface area contributed by atoms with Crippen LogP contribution in [0.3, 0.4) is 0 Å². The summed E-state index contributed by atoms with van der Waals surface area (Å²) in [5.41, 5.74) is 1.87. The first-order valence-corrected chi connectivity index (χ1v) is 8.33. The van der Waals surface area contributed by atoms with E-state index in [1.54, 1.807) is 31.2 Å². The number of nitrogens with one attached hydrogen (secondary N) is 1. The molecule has 2 aromatic carbocycles. The van der Waals surface area contributed by atoms with Gasteiger partial charge in [-0.25, -0.2) is 5.43 Å². The van der Waals surface area contributed by atoms with E-state index in [0.717, 1.165) is 6.07 Å². The number of para-hydroxylation sites is 2. The smallest absolute Gasteiger partial charge is 0.284 e. The van der Waals surface area contributed by atoms with Gasteiger partial charge in [0.25, 0.3) is 11.6 Å². The second-order valence-electron chi connectivity index (χ2n) is 5.66. The molecular formula is C18H16N3O7-. The lowest BCUT2D eigenvalue weighted by Crippen LogP contribution is -2.42. The summed E-state index contributed by atoms with van der Waals surface area (Å²) in [7, 11) is 0. The molecule has 10 heteroatoms. The molecule has 0 aliphatic carbocycles. The molecule has 3 rings (SSSR count). The number of amides is 1. The van der Waals surface area contributed by atoms with Crippen LogP contribution < -0.4 is 24.7 Å². The summed E-state index contributed by atoms with van der Waals surface area (Å²) >= 11 is 0. The average molecular weight is 386 g/mol. The molecule has 1 aliphatic rings. The highest BCUT2D eigenvalue weighted by molar-refractivity contribution is 5.86. The van der Waals surface area contributed by atoms with E-state index in [0.29, 0.717) is 11.5 Å². The van der Waals surface area contributed by atoms with Gasteiger partial charge >= 0.3 is 0 Å². The first kappa shape index (κ1) is 19.0. The Hall–Kier alpha value is -3.82. The van der Waals surface area contributed by atoms with Crippen LogP contribution >= 0.6 is 0 Å². The van der Waals surface area contributed by atoms with Gasteiger partial charge in [-0.15, -0.1) is 0 Å². The van der Waals surface area contributed by atoms with Crippen molar-refractivity contribution in [2.45, 2.75) is 13.0 Å². The van der Waals surface area contributed by atoms with E-state index in [2.05, 4.69) is 10.5 Å². The number of fused-ring (bicyclic) bond motifs is 1. The first-order chi connectivity index (χ1) is 13.5. The molecular weight excluding hydrogens is 370 g/mol. The van der Waals surface area contributed by atoms with Crippen LogP contribution in [0.4, 0.5) is 5.69 Å². The number of hydrogen-bond donors (Lipinski definition) is 1. The SMILES string of the molecule is CCOc1cc(/C=N/NC(=O)[C@H]2COc3ccccc3O2)cc([N+](=O)[O-])c1[O-]. The second kappa shape index (κ2) is 8.25. The summed E-state index contributed by atoms with van der Waals surface area (Å²) < 4.78 is 16.1. The predicted molar refractivity (Wildman–Crippen MR) is 95.8 cm³/mol. The van der Waals surface area contributed by atoms with E-state index < -0.39 is 28.4 Å². The van der Waals surface area contributed by atoms with Gasteiger partial charge in [-0.05, 0) is 25.1 Å².